The molecule has 0 atom stereocenters. The number of anilines is 1. The predicted octanol–water partition coefficient (Wildman–Crippen LogP) is 1.61. The first-order valence-electron chi connectivity index (χ1n) is 6.20. The molecule has 1 rings (SSSR count). The van der Waals surface area contributed by atoms with Gasteiger partial charge in [0.1, 0.15) is 5.69 Å². The number of rotatable bonds is 7. The van der Waals surface area contributed by atoms with Crippen LogP contribution in [0.2, 0.25) is 0 Å². The van der Waals surface area contributed by atoms with Crippen LogP contribution in [0.5, 0.6) is 0 Å². The van der Waals surface area contributed by atoms with Crippen molar-refractivity contribution in [3.8, 4) is 0 Å². The monoisotopic (exact) mass is 295 g/mol. The van der Waals surface area contributed by atoms with E-state index in [0.717, 1.165) is 6.07 Å². The van der Waals surface area contributed by atoms with E-state index in [4.69, 9.17) is 10.8 Å². The van der Waals surface area contributed by atoms with Crippen LogP contribution in [0.15, 0.2) is 18.2 Å². The normalized spacial score (nSPS) is 11.0. The van der Waals surface area contributed by atoms with Crippen molar-refractivity contribution < 1.29 is 19.6 Å². The van der Waals surface area contributed by atoms with Gasteiger partial charge in [-0.3, -0.25) is 19.7 Å². The molecule has 0 bridgehead atoms. The first-order valence-corrected chi connectivity index (χ1v) is 6.20. The molecule has 0 aromatic heterocycles. The Morgan fingerprint density at radius 1 is 1.43 bits per heavy atom. The van der Waals surface area contributed by atoms with Gasteiger partial charge in [0.25, 0.3) is 5.69 Å². The molecule has 1 aromatic rings. The molecular weight excluding hydrogens is 278 g/mol. The Hall–Kier alpha value is -2.64. The number of hydrogen-bond acceptors (Lipinski definition) is 5. The summed E-state index contributed by atoms with van der Waals surface area (Å²) in [7, 11) is 0. The van der Waals surface area contributed by atoms with Gasteiger partial charge in [0, 0.05) is 18.2 Å². The maximum atomic E-state index is 11.0. The molecule has 8 nitrogen and oxygen atoms in total. The fourth-order valence-electron chi connectivity index (χ4n) is 1.60. The summed E-state index contributed by atoms with van der Waals surface area (Å²) in [4.78, 5) is 32.3. The molecule has 0 aliphatic rings. The summed E-state index contributed by atoms with van der Waals surface area (Å²) in [5.74, 6) is -1.69. The molecule has 0 radical (unpaired) electrons. The molecule has 0 aliphatic heterocycles. The Balaban J connectivity index is 2.87. The third kappa shape index (κ3) is 4.16. The van der Waals surface area contributed by atoms with E-state index < -0.39 is 22.2 Å². The third-order valence-electron chi connectivity index (χ3n) is 3.12. The molecule has 4 N–H and O–H groups in total. The highest BCUT2D eigenvalue weighted by Gasteiger charge is 2.26. The highest BCUT2D eigenvalue weighted by molar-refractivity contribution is 5.94. The van der Waals surface area contributed by atoms with Crippen LogP contribution in [0.25, 0.3) is 0 Å². The highest BCUT2D eigenvalue weighted by Crippen LogP contribution is 2.27. The van der Waals surface area contributed by atoms with Crippen molar-refractivity contribution >= 4 is 23.3 Å². The number of aliphatic carboxylic acids is 1. The van der Waals surface area contributed by atoms with Crippen LogP contribution in [0.1, 0.15) is 30.6 Å². The number of amides is 1. The van der Waals surface area contributed by atoms with Crippen molar-refractivity contribution in [3.05, 3.63) is 33.9 Å². The molecule has 0 heterocycles. The lowest BCUT2D eigenvalue weighted by molar-refractivity contribution is -0.384. The van der Waals surface area contributed by atoms with Gasteiger partial charge in [0.2, 0.25) is 5.91 Å². The zero-order chi connectivity index (χ0) is 16.2. The van der Waals surface area contributed by atoms with Crippen LogP contribution >= 0.6 is 0 Å². The van der Waals surface area contributed by atoms with Gasteiger partial charge in [0.05, 0.1) is 10.3 Å². The molecule has 1 aromatic carbocycles. The molecule has 0 saturated heterocycles. The van der Waals surface area contributed by atoms with E-state index in [1.54, 1.807) is 13.8 Å². The van der Waals surface area contributed by atoms with Crippen molar-refractivity contribution in [2.24, 2.45) is 11.1 Å². The number of nitrogens with two attached hydrogens (primary N) is 1. The van der Waals surface area contributed by atoms with Gasteiger partial charge >= 0.3 is 5.97 Å². The highest BCUT2D eigenvalue weighted by atomic mass is 16.6. The lowest BCUT2D eigenvalue weighted by Gasteiger charge is -2.19. The lowest BCUT2D eigenvalue weighted by Crippen LogP contribution is -2.26. The van der Waals surface area contributed by atoms with Crippen molar-refractivity contribution in [3.63, 3.8) is 0 Å². The summed E-state index contributed by atoms with van der Waals surface area (Å²) in [5, 5.41) is 22.8. The summed E-state index contributed by atoms with van der Waals surface area (Å²) in [6.45, 7) is 3.39. The molecule has 21 heavy (non-hydrogen) atoms. The average molecular weight is 295 g/mol. The van der Waals surface area contributed by atoms with Gasteiger partial charge in [-0.05, 0) is 32.4 Å². The van der Waals surface area contributed by atoms with Crippen LogP contribution in [0.4, 0.5) is 11.4 Å². The first-order chi connectivity index (χ1) is 9.65. The summed E-state index contributed by atoms with van der Waals surface area (Å²) in [6, 6.07) is 3.85. The van der Waals surface area contributed by atoms with E-state index in [1.807, 2.05) is 0 Å². The van der Waals surface area contributed by atoms with Gasteiger partial charge in [0.15, 0.2) is 0 Å². The Morgan fingerprint density at radius 3 is 2.52 bits per heavy atom. The number of carbonyl (C=O) groups excluding carboxylic acids is 1. The average Bonchev–Trinajstić information content (AvgIpc) is 2.38. The lowest BCUT2D eigenvalue weighted by atomic mass is 9.89. The molecule has 1 amide bonds. The third-order valence-corrected chi connectivity index (χ3v) is 3.12. The largest absolute Gasteiger partial charge is 0.481 e. The topological polar surface area (TPSA) is 136 Å². The van der Waals surface area contributed by atoms with Gasteiger partial charge in [-0.1, -0.05) is 0 Å². The fourth-order valence-corrected chi connectivity index (χ4v) is 1.60. The van der Waals surface area contributed by atoms with Gasteiger partial charge < -0.3 is 16.2 Å². The summed E-state index contributed by atoms with van der Waals surface area (Å²) in [5.41, 5.74) is 4.12. The van der Waals surface area contributed by atoms with Gasteiger partial charge in [-0.2, -0.15) is 0 Å². The summed E-state index contributed by atoms with van der Waals surface area (Å²) < 4.78 is 0. The van der Waals surface area contributed by atoms with Crippen LogP contribution < -0.4 is 11.1 Å². The zero-order valence-corrected chi connectivity index (χ0v) is 11.8. The number of hydrogen-bond donors (Lipinski definition) is 3. The number of primary amides is 1. The minimum Gasteiger partial charge on any atom is -0.481 e. The first kappa shape index (κ1) is 16.4. The SMILES string of the molecule is CC(C)(CCNc1ccc(C(N)=O)cc1[N+](=O)[O-])C(=O)O. The minimum atomic E-state index is -0.942. The number of nitro benzene ring substituents is 1. The number of carbonyl (C=O) groups is 2. The molecule has 8 heteroatoms. The number of nitro groups is 1. The van der Waals surface area contributed by atoms with E-state index >= 15 is 0 Å². The number of carboxylic acids is 1. The van der Waals surface area contributed by atoms with Crippen molar-refractivity contribution in [2.75, 3.05) is 11.9 Å². The standard InChI is InChI=1S/C13H17N3O5/c1-13(2,12(18)19)5-6-15-9-4-3-8(11(14)17)7-10(9)16(20)21/h3-4,7,15H,5-6H2,1-2H3,(H2,14,17)(H,18,19). The Morgan fingerprint density at radius 2 is 2.05 bits per heavy atom. The molecule has 0 saturated carbocycles. The molecule has 114 valence electrons. The Kier molecular flexibility index (Phi) is 4.85. The fraction of sp³-hybridized carbons (Fsp3) is 0.385. The van der Waals surface area contributed by atoms with E-state index in [-0.39, 0.29) is 29.9 Å². The Bertz CT molecular complexity index is 583. The van der Waals surface area contributed by atoms with E-state index in [2.05, 4.69) is 5.32 Å². The number of carboxylic acid groups (broad SMARTS) is 1. The maximum absolute atomic E-state index is 11.0. The number of nitrogens with one attached hydrogen (secondary N) is 1. The molecule has 0 unspecified atom stereocenters. The minimum absolute atomic E-state index is 0.0399. The van der Waals surface area contributed by atoms with Gasteiger partial charge in [-0.15, -0.1) is 0 Å². The number of nitrogens with zero attached hydrogens (tertiary/aromatic N) is 1. The van der Waals surface area contributed by atoms with E-state index in [1.165, 1.54) is 12.1 Å². The van der Waals surface area contributed by atoms with E-state index in [9.17, 15) is 19.7 Å². The second kappa shape index (κ2) is 6.21. The van der Waals surface area contributed by atoms with Crippen LogP contribution in [-0.2, 0) is 4.79 Å². The number of benzene rings is 1. The molecular formula is C13H17N3O5. The summed E-state index contributed by atoms with van der Waals surface area (Å²) >= 11 is 0. The zero-order valence-electron chi connectivity index (χ0n) is 11.8. The Labute approximate surface area is 121 Å². The second-order valence-electron chi connectivity index (χ2n) is 5.22. The van der Waals surface area contributed by atoms with Gasteiger partial charge in [-0.25, -0.2) is 0 Å². The van der Waals surface area contributed by atoms with E-state index in [0.29, 0.717) is 0 Å². The quantitative estimate of drug-likeness (QED) is 0.516. The van der Waals surface area contributed by atoms with Crippen molar-refractivity contribution in [1.82, 2.24) is 0 Å². The van der Waals surface area contributed by atoms with Crippen LogP contribution in [0.3, 0.4) is 0 Å². The van der Waals surface area contributed by atoms with Crippen molar-refractivity contribution in [2.45, 2.75) is 20.3 Å². The molecule has 0 aliphatic carbocycles. The van der Waals surface area contributed by atoms with Crippen LogP contribution in [0, 0.1) is 15.5 Å². The summed E-state index contributed by atoms with van der Waals surface area (Å²) in [6.07, 6.45) is 0.289. The smallest absolute Gasteiger partial charge is 0.309 e. The molecule has 0 spiro atoms. The van der Waals surface area contributed by atoms with Crippen molar-refractivity contribution in [1.29, 1.82) is 0 Å². The molecule has 0 fully saturated rings. The second-order valence-corrected chi connectivity index (χ2v) is 5.22. The maximum Gasteiger partial charge on any atom is 0.309 e. The predicted molar refractivity (Wildman–Crippen MR) is 76.1 cm³/mol. The van der Waals surface area contributed by atoms with Crippen LogP contribution in [-0.4, -0.2) is 28.5 Å².